The number of rotatable bonds is 4. The minimum atomic E-state index is -0.149. The number of ketones is 1. The molecule has 3 heteroatoms. The maximum absolute atomic E-state index is 11.4. The summed E-state index contributed by atoms with van der Waals surface area (Å²) in [5.41, 5.74) is 2.12. The summed E-state index contributed by atoms with van der Waals surface area (Å²) in [6.45, 7) is 3.65. The Morgan fingerprint density at radius 3 is 2.47 bits per heavy atom. The van der Waals surface area contributed by atoms with Crippen molar-refractivity contribution in [3.05, 3.63) is 59.2 Å². The van der Waals surface area contributed by atoms with Crippen LogP contribution in [-0.4, -0.2) is 10.9 Å². The SMILES string of the molecule is CC(=O)c1c(C)cc(OCc2ccccc2)cc1O. The zero-order valence-electron chi connectivity index (χ0n) is 11.0. The predicted molar refractivity (Wildman–Crippen MR) is 73.6 cm³/mol. The number of phenolic OH excluding ortho intramolecular Hbond substituents is 1. The molecule has 0 aliphatic carbocycles. The Labute approximate surface area is 112 Å². The van der Waals surface area contributed by atoms with Gasteiger partial charge in [0.25, 0.3) is 0 Å². The van der Waals surface area contributed by atoms with Gasteiger partial charge in [0.1, 0.15) is 18.1 Å². The monoisotopic (exact) mass is 256 g/mol. The van der Waals surface area contributed by atoms with E-state index in [-0.39, 0.29) is 11.5 Å². The third-order valence-corrected chi connectivity index (χ3v) is 2.89. The van der Waals surface area contributed by atoms with Gasteiger partial charge >= 0.3 is 0 Å². The lowest BCUT2D eigenvalue weighted by atomic mass is 10.0. The zero-order valence-corrected chi connectivity index (χ0v) is 11.0. The molecular weight excluding hydrogens is 240 g/mol. The molecule has 0 saturated heterocycles. The molecule has 0 aromatic heterocycles. The highest BCUT2D eigenvalue weighted by atomic mass is 16.5. The van der Waals surface area contributed by atoms with Gasteiger partial charge in [-0.3, -0.25) is 4.79 Å². The molecule has 2 rings (SSSR count). The van der Waals surface area contributed by atoms with Gasteiger partial charge < -0.3 is 9.84 Å². The smallest absolute Gasteiger partial charge is 0.163 e. The van der Waals surface area contributed by atoms with E-state index in [0.29, 0.717) is 17.9 Å². The summed E-state index contributed by atoms with van der Waals surface area (Å²) < 4.78 is 5.62. The standard InChI is InChI=1S/C16H16O3/c1-11-8-14(9-15(18)16(11)12(2)17)19-10-13-6-4-3-5-7-13/h3-9,18H,10H2,1-2H3. The van der Waals surface area contributed by atoms with E-state index in [1.54, 1.807) is 13.0 Å². The molecular formula is C16H16O3. The third-order valence-electron chi connectivity index (χ3n) is 2.89. The van der Waals surface area contributed by atoms with Crippen LogP contribution in [0, 0.1) is 6.92 Å². The van der Waals surface area contributed by atoms with Crippen molar-refractivity contribution in [2.24, 2.45) is 0 Å². The summed E-state index contributed by atoms with van der Waals surface area (Å²) in [6, 6.07) is 13.0. The Hall–Kier alpha value is -2.29. The van der Waals surface area contributed by atoms with Gasteiger partial charge in [0.2, 0.25) is 0 Å². The second kappa shape index (κ2) is 5.57. The average molecular weight is 256 g/mol. The van der Waals surface area contributed by atoms with E-state index in [1.807, 2.05) is 30.3 Å². The van der Waals surface area contributed by atoms with E-state index in [0.717, 1.165) is 11.1 Å². The molecule has 2 aromatic rings. The van der Waals surface area contributed by atoms with Crippen molar-refractivity contribution in [3.63, 3.8) is 0 Å². The zero-order chi connectivity index (χ0) is 13.8. The van der Waals surface area contributed by atoms with Gasteiger partial charge in [0, 0.05) is 6.07 Å². The first-order valence-corrected chi connectivity index (χ1v) is 6.09. The maximum atomic E-state index is 11.4. The van der Waals surface area contributed by atoms with Crippen LogP contribution in [0.1, 0.15) is 28.4 Å². The van der Waals surface area contributed by atoms with Crippen molar-refractivity contribution in [1.82, 2.24) is 0 Å². The van der Waals surface area contributed by atoms with Crippen molar-refractivity contribution in [2.45, 2.75) is 20.5 Å². The quantitative estimate of drug-likeness (QED) is 0.852. The lowest BCUT2D eigenvalue weighted by Crippen LogP contribution is -2.00. The average Bonchev–Trinajstić information content (AvgIpc) is 2.36. The molecule has 0 aliphatic rings. The fourth-order valence-corrected chi connectivity index (χ4v) is 2.02. The topological polar surface area (TPSA) is 46.5 Å². The Morgan fingerprint density at radius 1 is 1.21 bits per heavy atom. The molecule has 0 unspecified atom stereocenters. The summed E-state index contributed by atoms with van der Waals surface area (Å²) in [5, 5.41) is 9.84. The van der Waals surface area contributed by atoms with Crippen LogP contribution in [-0.2, 0) is 6.61 Å². The number of phenols is 1. The Bertz CT molecular complexity index is 565. The molecule has 0 radical (unpaired) electrons. The first-order valence-electron chi connectivity index (χ1n) is 6.09. The number of aryl methyl sites for hydroxylation is 1. The van der Waals surface area contributed by atoms with Crippen LogP contribution in [0.2, 0.25) is 0 Å². The molecule has 0 spiro atoms. The van der Waals surface area contributed by atoms with Crippen LogP contribution in [0.4, 0.5) is 0 Å². The summed E-state index contributed by atoms with van der Waals surface area (Å²) in [4.78, 5) is 11.4. The van der Waals surface area contributed by atoms with Gasteiger partial charge in [0.05, 0.1) is 5.56 Å². The molecule has 0 aliphatic heterocycles. The lowest BCUT2D eigenvalue weighted by Gasteiger charge is -2.10. The number of hydrogen-bond acceptors (Lipinski definition) is 3. The number of carbonyl (C=O) groups is 1. The Kier molecular flexibility index (Phi) is 3.85. The summed E-state index contributed by atoms with van der Waals surface area (Å²) in [5.74, 6) is 0.379. The summed E-state index contributed by atoms with van der Waals surface area (Å²) >= 11 is 0. The van der Waals surface area contributed by atoms with E-state index in [9.17, 15) is 9.90 Å². The first kappa shape index (κ1) is 13.1. The molecule has 0 atom stereocenters. The molecule has 98 valence electrons. The van der Waals surface area contributed by atoms with Crippen molar-refractivity contribution in [3.8, 4) is 11.5 Å². The number of hydrogen-bond donors (Lipinski definition) is 1. The van der Waals surface area contributed by atoms with Crippen LogP contribution in [0.25, 0.3) is 0 Å². The highest BCUT2D eigenvalue weighted by Crippen LogP contribution is 2.28. The van der Waals surface area contributed by atoms with E-state index in [4.69, 9.17) is 4.74 Å². The van der Waals surface area contributed by atoms with Gasteiger partial charge in [-0.1, -0.05) is 30.3 Å². The van der Waals surface area contributed by atoms with Crippen LogP contribution >= 0.6 is 0 Å². The van der Waals surface area contributed by atoms with Gasteiger partial charge in [0.15, 0.2) is 5.78 Å². The number of carbonyl (C=O) groups excluding carboxylic acids is 1. The minimum absolute atomic E-state index is 0.0319. The second-order valence-electron chi connectivity index (χ2n) is 4.46. The van der Waals surface area contributed by atoms with Gasteiger partial charge in [-0.15, -0.1) is 0 Å². The largest absolute Gasteiger partial charge is 0.507 e. The van der Waals surface area contributed by atoms with E-state index < -0.39 is 0 Å². The Balaban J connectivity index is 2.16. The maximum Gasteiger partial charge on any atom is 0.163 e. The van der Waals surface area contributed by atoms with E-state index >= 15 is 0 Å². The predicted octanol–water partition coefficient (Wildman–Crippen LogP) is 3.48. The van der Waals surface area contributed by atoms with Crippen LogP contribution in [0.5, 0.6) is 11.5 Å². The third kappa shape index (κ3) is 3.13. The van der Waals surface area contributed by atoms with Gasteiger partial charge in [-0.25, -0.2) is 0 Å². The van der Waals surface area contributed by atoms with E-state index in [1.165, 1.54) is 13.0 Å². The molecule has 0 fully saturated rings. The minimum Gasteiger partial charge on any atom is -0.507 e. The lowest BCUT2D eigenvalue weighted by molar-refractivity contribution is 0.101. The molecule has 1 N–H and O–H groups in total. The second-order valence-corrected chi connectivity index (χ2v) is 4.46. The van der Waals surface area contributed by atoms with Crippen LogP contribution in [0.3, 0.4) is 0 Å². The normalized spacial score (nSPS) is 10.2. The van der Waals surface area contributed by atoms with Crippen LogP contribution < -0.4 is 4.74 Å². The molecule has 0 heterocycles. The van der Waals surface area contributed by atoms with Crippen LogP contribution in [0.15, 0.2) is 42.5 Å². The number of Topliss-reactive ketones (excluding diaryl/α,β-unsaturated/α-hetero) is 1. The van der Waals surface area contributed by atoms with Gasteiger partial charge in [-0.2, -0.15) is 0 Å². The summed E-state index contributed by atoms with van der Waals surface area (Å²) in [7, 11) is 0. The molecule has 0 bridgehead atoms. The first-order chi connectivity index (χ1) is 9.08. The molecule has 19 heavy (non-hydrogen) atoms. The van der Waals surface area contributed by atoms with Gasteiger partial charge in [-0.05, 0) is 31.0 Å². The molecule has 0 amide bonds. The highest BCUT2D eigenvalue weighted by molar-refractivity contribution is 5.98. The number of aromatic hydroxyl groups is 1. The van der Waals surface area contributed by atoms with E-state index in [2.05, 4.69) is 0 Å². The Morgan fingerprint density at radius 2 is 1.89 bits per heavy atom. The number of ether oxygens (including phenoxy) is 1. The molecule has 2 aromatic carbocycles. The van der Waals surface area contributed by atoms with Crippen molar-refractivity contribution in [1.29, 1.82) is 0 Å². The van der Waals surface area contributed by atoms with Crippen molar-refractivity contribution in [2.75, 3.05) is 0 Å². The summed E-state index contributed by atoms with van der Waals surface area (Å²) in [6.07, 6.45) is 0. The number of benzene rings is 2. The molecule has 3 nitrogen and oxygen atoms in total. The highest BCUT2D eigenvalue weighted by Gasteiger charge is 2.12. The van der Waals surface area contributed by atoms with Crippen molar-refractivity contribution < 1.29 is 14.6 Å². The molecule has 0 saturated carbocycles. The fraction of sp³-hybridized carbons (Fsp3) is 0.188. The van der Waals surface area contributed by atoms with Crippen molar-refractivity contribution >= 4 is 5.78 Å². The fourth-order valence-electron chi connectivity index (χ4n) is 2.02.